The normalized spacial score (nSPS) is 17.6. The van der Waals surface area contributed by atoms with Gasteiger partial charge in [-0.05, 0) is 50.9 Å². The van der Waals surface area contributed by atoms with E-state index in [9.17, 15) is 0 Å². The van der Waals surface area contributed by atoms with Crippen molar-refractivity contribution in [1.29, 1.82) is 0 Å². The molecule has 0 N–H and O–H groups in total. The maximum Gasteiger partial charge on any atom is 0.0741 e. The van der Waals surface area contributed by atoms with Gasteiger partial charge in [0.15, 0.2) is 0 Å². The van der Waals surface area contributed by atoms with Crippen molar-refractivity contribution in [1.82, 2.24) is 4.90 Å². The molecule has 18 heavy (non-hydrogen) atoms. The Labute approximate surface area is 111 Å². The molecule has 0 radical (unpaired) electrons. The smallest absolute Gasteiger partial charge is 0.0741 e. The Morgan fingerprint density at radius 3 is 2.22 bits per heavy atom. The molecule has 1 aliphatic rings. The third kappa shape index (κ3) is 3.37. The van der Waals surface area contributed by atoms with Crippen LogP contribution in [0.1, 0.15) is 37.8 Å². The first kappa shape index (κ1) is 13.2. The molecule has 1 aromatic carbocycles. The lowest BCUT2D eigenvalue weighted by atomic mass is 10.0. The SMILES string of the molecule is Cc1ccc(C#CC(C(C)C)N2CCCC2)cc1. The second-order valence-corrected chi connectivity index (χ2v) is 5.57. The molecule has 1 unspecified atom stereocenters. The van der Waals surface area contributed by atoms with E-state index in [1.807, 2.05) is 0 Å². The molecule has 96 valence electrons. The number of nitrogens with zero attached hydrogens (tertiary/aromatic N) is 1. The Bertz CT molecular complexity index is 427. The standard InChI is InChI=1S/C17H23N/c1-14(2)17(18-12-4-5-13-18)11-10-16-8-6-15(3)7-9-16/h6-9,14,17H,4-5,12-13H2,1-3H3. The van der Waals surface area contributed by atoms with Crippen molar-refractivity contribution < 1.29 is 0 Å². The van der Waals surface area contributed by atoms with E-state index in [1.54, 1.807) is 0 Å². The summed E-state index contributed by atoms with van der Waals surface area (Å²) in [6.45, 7) is 9.08. The molecule has 0 bridgehead atoms. The highest BCUT2D eigenvalue weighted by molar-refractivity contribution is 5.37. The second kappa shape index (κ2) is 6.07. The van der Waals surface area contributed by atoms with Gasteiger partial charge in [0, 0.05) is 5.56 Å². The lowest BCUT2D eigenvalue weighted by molar-refractivity contribution is 0.241. The summed E-state index contributed by atoms with van der Waals surface area (Å²) in [7, 11) is 0. The van der Waals surface area contributed by atoms with Gasteiger partial charge in [0.25, 0.3) is 0 Å². The van der Waals surface area contributed by atoms with Crippen molar-refractivity contribution >= 4 is 0 Å². The highest BCUT2D eigenvalue weighted by Gasteiger charge is 2.22. The third-order valence-corrected chi connectivity index (χ3v) is 3.58. The molecule has 1 saturated heterocycles. The number of hydrogen-bond acceptors (Lipinski definition) is 1. The van der Waals surface area contributed by atoms with Crippen LogP contribution in [0.4, 0.5) is 0 Å². The maximum absolute atomic E-state index is 3.47. The summed E-state index contributed by atoms with van der Waals surface area (Å²) >= 11 is 0. The second-order valence-electron chi connectivity index (χ2n) is 5.57. The van der Waals surface area contributed by atoms with Crippen molar-refractivity contribution in [3.8, 4) is 11.8 Å². The summed E-state index contributed by atoms with van der Waals surface area (Å²) < 4.78 is 0. The molecular formula is C17H23N. The number of aryl methyl sites for hydroxylation is 1. The molecule has 0 spiro atoms. The topological polar surface area (TPSA) is 3.24 Å². The monoisotopic (exact) mass is 241 g/mol. The summed E-state index contributed by atoms with van der Waals surface area (Å²) in [5, 5.41) is 0. The van der Waals surface area contributed by atoms with Crippen LogP contribution in [0.25, 0.3) is 0 Å². The van der Waals surface area contributed by atoms with Gasteiger partial charge in [-0.1, -0.05) is 43.4 Å². The van der Waals surface area contributed by atoms with Crippen LogP contribution in [-0.2, 0) is 0 Å². The Kier molecular flexibility index (Phi) is 4.44. The first-order valence-corrected chi connectivity index (χ1v) is 6.99. The Balaban J connectivity index is 2.11. The molecule has 1 nitrogen and oxygen atoms in total. The molecule has 0 saturated carbocycles. The molecule has 0 amide bonds. The lowest BCUT2D eigenvalue weighted by Gasteiger charge is -2.26. The highest BCUT2D eigenvalue weighted by Crippen LogP contribution is 2.17. The first-order valence-electron chi connectivity index (χ1n) is 6.99. The molecule has 1 fully saturated rings. The van der Waals surface area contributed by atoms with E-state index in [2.05, 4.69) is 61.8 Å². The Morgan fingerprint density at radius 1 is 1.06 bits per heavy atom. The minimum absolute atomic E-state index is 0.411. The number of likely N-dealkylation sites (tertiary alicyclic amines) is 1. The zero-order valence-corrected chi connectivity index (χ0v) is 11.7. The minimum Gasteiger partial charge on any atom is -0.290 e. The van der Waals surface area contributed by atoms with Crippen molar-refractivity contribution in [2.45, 2.75) is 39.7 Å². The predicted octanol–water partition coefficient (Wildman–Crippen LogP) is 3.47. The van der Waals surface area contributed by atoms with Gasteiger partial charge in [-0.25, -0.2) is 0 Å². The Morgan fingerprint density at radius 2 is 1.67 bits per heavy atom. The van der Waals surface area contributed by atoms with Gasteiger partial charge in [0.1, 0.15) is 0 Å². The average Bonchev–Trinajstić information content (AvgIpc) is 2.85. The van der Waals surface area contributed by atoms with E-state index in [1.165, 1.54) is 31.5 Å². The summed E-state index contributed by atoms with van der Waals surface area (Å²) in [5.74, 6) is 7.41. The fraction of sp³-hybridized carbons (Fsp3) is 0.529. The largest absolute Gasteiger partial charge is 0.290 e. The van der Waals surface area contributed by atoms with E-state index in [0.29, 0.717) is 12.0 Å². The quantitative estimate of drug-likeness (QED) is 0.717. The van der Waals surface area contributed by atoms with Crippen LogP contribution in [0.3, 0.4) is 0 Å². The first-order chi connectivity index (χ1) is 8.66. The third-order valence-electron chi connectivity index (χ3n) is 3.58. The molecule has 1 aromatic rings. The van der Waals surface area contributed by atoms with E-state index >= 15 is 0 Å². The average molecular weight is 241 g/mol. The summed E-state index contributed by atoms with van der Waals surface area (Å²) in [4.78, 5) is 2.53. The summed E-state index contributed by atoms with van der Waals surface area (Å²) in [6.07, 6.45) is 2.66. The molecular weight excluding hydrogens is 218 g/mol. The molecule has 1 aliphatic heterocycles. The molecule has 1 heteroatoms. The fourth-order valence-corrected chi connectivity index (χ4v) is 2.49. The zero-order valence-electron chi connectivity index (χ0n) is 11.7. The van der Waals surface area contributed by atoms with Gasteiger partial charge in [0.05, 0.1) is 6.04 Å². The predicted molar refractivity (Wildman–Crippen MR) is 77.5 cm³/mol. The summed E-state index contributed by atoms with van der Waals surface area (Å²) in [6, 6.07) is 8.90. The van der Waals surface area contributed by atoms with Crippen molar-refractivity contribution in [2.75, 3.05) is 13.1 Å². The molecule has 1 heterocycles. The van der Waals surface area contributed by atoms with Crippen molar-refractivity contribution in [3.05, 3.63) is 35.4 Å². The van der Waals surface area contributed by atoms with Crippen LogP contribution >= 0.6 is 0 Å². The van der Waals surface area contributed by atoms with E-state index < -0.39 is 0 Å². The van der Waals surface area contributed by atoms with E-state index in [4.69, 9.17) is 0 Å². The van der Waals surface area contributed by atoms with Crippen LogP contribution in [0.15, 0.2) is 24.3 Å². The van der Waals surface area contributed by atoms with Crippen LogP contribution in [-0.4, -0.2) is 24.0 Å². The van der Waals surface area contributed by atoms with Gasteiger partial charge < -0.3 is 0 Å². The van der Waals surface area contributed by atoms with Crippen molar-refractivity contribution in [3.63, 3.8) is 0 Å². The number of benzene rings is 1. The molecule has 0 aromatic heterocycles. The summed E-state index contributed by atoms with van der Waals surface area (Å²) in [5.41, 5.74) is 2.42. The number of hydrogen-bond donors (Lipinski definition) is 0. The van der Waals surface area contributed by atoms with Gasteiger partial charge in [-0.2, -0.15) is 0 Å². The van der Waals surface area contributed by atoms with Gasteiger partial charge in [-0.15, -0.1) is 0 Å². The minimum atomic E-state index is 0.411. The molecule has 0 aliphatic carbocycles. The Hall–Kier alpha value is -1.26. The zero-order chi connectivity index (χ0) is 13.0. The molecule has 1 atom stereocenters. The van der Waals surface area contributed by atoms with Crippen LogP contribution < -0.4 is 0 Å². The van der Waals surface area contributed by atoms with Crippen molar-refractivity contribution in [2.24, 2.45) is 5.92 Å². The van der Waals surface area contributed by atoms with E-state index in [-0.39, 0.29) is 0 Å². The maximum atomic E-state index is 3.47. The van der Waals surface area contributed by atoms with Gasteiger partial charge in [0.2, 0.25) is 0 Å². The van der Waals surface area contributed by atoms with Gasteiger partial charge in [-0.3, -0.25) is 4.90 Å². The van der Waals surface area contributed by atoms with E-state index in [0.717, 1.165) is 5.56 Å². The van der Waals surface area contributed by atoms with Crippen LogP contribution in [0.2, 0.25) is 0 Å². The van der Waals surface area contributed by atoms with Gasteiger partial charge >= 0.3 is 0 Å². The highest BCUT2D eigenvalue weighted by atomic mass is 15.2. The fourth-order valence-electron chi connectivity index (χ4n) is 2.49. The number of rotatable bonds is 2. The van der Waals surface area contributed by atoms with Crippen LogP contribution in [0.5, 0.6) is 0 Å². The van der Waals surface area contributed by atoms with Crippen LogP contribution in [0, 0.1) is 24.7 Å². The lowest BCUT2D eigenvalue weighted by Crippen LogP contribution is -2.35. The molecule has 2 rings (SSSR count).